The van der Waals surface area contributed by atoms with E-state index in [9.17, 15) is 4.79 Å². The Kier molecular flexibility index (Phi) is 4.75. The van der Waals surface area contributed by atoms with Crippen LogP contribution in [0.15, 0.2) is 36.5 Å². The Morgan fingerprint density at radius 2 is 2.19 bits per heavy atom. The number of pyridine rings is 1. The van der Waals surface area contributed by atoms with Gasteiger partial charge in [0.15, 0.2) is 0 Å². The number of carbonyl (C=O) groups excluding carboxylic acids is 1. The summed E-state index contributed by atoms with van der Waals surface area (Å²) in [5, 5.41) is 4.00. The van der Waals surface area contributed by atoms with Gasteiger partial charge in [0.2, 0.25) is 0 Å². The molecule has 0 aliphatic rings. The summed E-state index contributed by atoms with van der Waals surface area (Å²) in [5.74, 6) is 0.346. The Labute approximate surface area is 124 Å². The summed E-state index contributed by atoms with van der Waals surface area (Å²) < 4.78 is 10.8. The number of carbonyl (C=O) groups is 1. The first-order chi connectivity index (χ1) is 10.1. The Hall–Kier alpha value is -2.14. The van der Waals surface area contributed by atoms with Crippen molar-refractivity contribution in [3.63, 3.8) is 0 Å². The predicted octanol–water partition coefficient (Wildman–Crippen LogP) is 2.15. The zero-order valence-electron chi connectivity index (χ0n) is 12.6. The Morgan fingerprint density at radius 3 is 2.90 bits per heavy atom. The molecule has 1 heterocycles. The zero-order chi connectivity index (χ0) is 15.3. The molecular formula is C16H20N2O3. The van der Waals surface area contributed by atoms with Crippen LogP contribution >= 0.6 is 0 Å². The van der Waals surface area contributed by atoms with Crippen LogP contribution in [0.25, 0.3) is 10.9 Å². The normalized spacial score (nSPS) is 13.7. The first-order valence-electron chi connectivity index (χ1n) is 6.93. The van der Waals surface area contributed by atoms with Crippen LogP contribution in [0, 0.1) is 0 Å². The van der Waals surface area contributed by atoms with Gasteiger partial charge in [0.05, 0.1) is 12.1 Å². The molecule has 0 saturated carbocycles. The lowest BCUT2D eigenvalue weighted by Crippen LogP contribution is -2.53. The second-order valence-corrected chi connectivity index (χ2v) is 4.95. The maximum absolute atomic E-state index is 12.0. The van der Waals surface area contributed by atoms with Gasteiger partial charge in [-0.3, -0.25) is 4.98 Å². The molecule has 0 aliphatic carbocycles. The summed E-state index contributed by atoms with van der Waals surface area (Å²) in [7, 11) is 1.71. The van der Waals surface area contributed by atoms with E-state index in [0.29, 0.717) is 12.4 Å². The number of aromatic nitrogens is 1. The van der Waals surface area contributed by atoms with Crippen LogP contribution in [-0.2, 0) is 9.53 Å². The van der Waals surface area contributed by atoms with Crippen molar-refractivity contribution < 1.29 is 14.3 Å². The SMILES string of the molecule is CCOC(=O)C(C)(COc1ccc2cccnc2c1)NC. The average Bonchev–Trinajstić information content (AvgIpc) is 2.52. The van der Waals surface area contributed by atoms with Gasteiger partial charge in [-0.2, -0.15) is 0 Å². The van der Waals surface area contributed by atoms with Gasteiger partial charge < -0.3 is 14.8 Å². The van der Waals surface area contributed by atoms with Gasteiger partial charge in [-0.1, -0.05) is 6.07 Å². The maximum atomic E-state index is 12.0. The van der Waals surface area contributed by atoms with E-state index >= 15 is 0 Å². The van der Waals surface area contributed by atoms with Crippen molar-refractivity contribution in [2.75, 3.05) is 20.3 Å². The number of fused-ring (bicyclic) bond motifs is 1. The van der Waals surface area contributed by atoms with E-state index in [4.69, 9.17) is 9.47 Å². The molecule has 5 nitrogen and oxygen atoms in total. The monoisotopic (exact) mass is 288 g/mol. The van der Waals surface area contributed by atoms with Crippen molar-refractivity contribution in [2.45, 2.75) is 19.4 Å². The van der Waals surface area contributed by atoms with Gasteiger partial charge in [0.1, 0.15) is 17.9 Å². The lowest BCUT2D eigenvalue weighted by Gasteiger charge is -2.26. The van der Waals surface area contributed by atoms with Crippen molar-refractivity contribution in [2.24, 2.45) is 0 Å². The molecular weight excluding hydrogens is 268 g/mol. The summed E-state index contributed by atoms with van der Waals surface area (Å²) in [6.45, 7) is 4.06. The van der Waals surface area contributed by atoms with Gasteiger partial charge in [0.25, 0.3) is 0 Å². The maximum Gasteiger partial charge on any atom is 0.329 e. The predicted molar refractivity (Wildman–Crippen MR) is 81.3 cm³/mol. The van der Waals surface area contributed by atoms with E-state index in [1.54, 1.807) is 27.1 Å². The van der Waals surface area contributed by atoms with Crippen LogP contribution < -0.4 is 10.1 Å². The number of nitrogens with zero attached hydrogens (tertiary/aromatic N) is 1. The zero-order valence-corrected chi connectivity index (χ0v) is 12.6. The first-order valence-corrected chi connectivity index (χ1v) is 6.93. The number of rotatable bonds is 6. The summed E-state index contributed by atoms with van der Waals surface area (Å²) in [4.78, 5) is 16.2. The molecule has 1 aromatic heterocycles. The minimum Gasteiger partial charge on any atom is -0.491 e. The van der Waals surface area contributed by atoms with Crippen molar-refractivity contribution in [3.8, 4) is 5.75 Å². The molecule has 0 amide bonds. The highest BCUT2D eigenvalue weighted by molar-refractivity contribution is 5.81. The minimum absolute atomic E-state index is 0.181. The van der Waals surface area contributed by atoms with Crippen LogP contribution in [-0.4, -0.2) is 36.8 Å². The summed E-state index contributed by atoms with van der Waals surface area (Å²) in [6, 6.07) is 9.55. The van der Waals surface area contributed by atoms with Crippen LogP contribution in [0.5, 0.6) is 5.75 Å². The van der Waals surface area contributed by atoms with E-state index in [0.717, 1.165) is 10.9 Å². The van der Waals surface area contributed by atoms with Crippen molar-refractivity contribution in [1.82, 2.24) is 10.3 Å². The lowest BCUT2D eigenvalue weighted by molar-refractivity contribution is -0.151. The molecule has 0 saturated heterocycles. The van der Waals surface area contributed by atoms with Gasteiger partial charge >= 0.3 is 5.97 Å². The first kappa shape index (κ1) is 15.3. The molecule has 5 heteroatoms. The number of ether oxygens (including phenoxy) is 2. The highest BCUT2D eigenvalue weighted by Gasteiger charge is 2.34. The van der Waals surface area contributed by atoms with Gasteiger partial charge in [0, 0.05) is 17.6 Å². The molecule has 112 valence electrons. The summed E-state index contributed by atoms with van der Waals surface area (Å²) >= 11 is 0. The summed E-state index contributed by atoms with van der Waals surface area (Å²) in [5.41, 5.74) is -0.0213. The number of esters is 1. The molecule has 2 rings (SSSR count). The average molecular weight is 288 g/mol. The molecule has 0 fully saturated rings. The van der Waals surface area contributed by atoms with E-state index in [2.05, 4.69) is 10.3 Å². The highest BCUT2D eigenvalue weighted by atomic mass is 16.5. The number of hydrogen-bond donors (Lipinski definition) is 1. The van der Waals surface area contributed by atoms with Gasteiger partial charge in [-0.15, -0.1) is 0 Å². The highest BCUT2D eigenvalue weighted by Crippen LogP contribution is 2.20. The standard InChI is InChI=1S/C16H20N2O3/c1-4-20-15(19)16(2,17-3)11-21-13-8-7-12-6-5-9-18-14(12)10-13/h5-10,17H,4,11H2,1-3H3. The van der Waals surface area contributed by atoms with E-state index in [-0.39, 0.29) is 12.6 Å². The van der Waals surface area contributed by atoms with Crippen molar-refractivity contribution in [3.05, 3.63) is 36.5 Å². The largest absolute Gasteiger partial charge is 0.491 e. The fraction of sp³-hybridized carbons (Fsp3) is 0.375. The fourth-order valence-electron chi connectivity index (χ4n) is 1.89. The van der Waals surface area contributed by atoms with Crippen LogP contribution in [0.4, 0.5) is 0 Å². The van der Waals surface area contributed by atoms with Gasteiger partial charge in [-0.05, 0) is 39.1 Å². The number of benzene rings is 1. The smallest absolute Gasteiger partial charge is 0.329 e. The van der Waals surface area contributed by atoms with Crippen LogP contribution in [0.3, 0.4) is 0 Å². The third kappa shape index (κ3) is 3.49. The molecule has 0 radical (unpaired) electrons. The lowest BCUT2D eigenvalue weighted by atomic mass is 10.1. The quantitative estimate of drug-likeness (QED) is 0.825. The van der Waals surface area contributed by atoms with E-state index in [1.807, 2.05) is 30.3 Å². The Morgan fingerprint density at radius 1 is 1.38 bits per heavy atom. The third-order valence-electron chi connectivity index (χ3n) is 3.38. The summed E-state index contributed by atoms with van der Waals surface area (Å²) in [6.07, 6.45) is 1.74. The molecule has 0 spiro atoms. The van der Waals surface area contributed by atoms with Crippen molar-refractivity contribution >= 4 is 16.9 Å². The molecule has 1 N–H and O–H groups in total. The third-order valence-corrected chi connectivity index (χ3v) is 3.38. The minimum atomic E-state index is -0.880. The molecule has 1 aromatic carbocycles. The molecule has 1 atom stereocenters. The fourth-order valence-corrected chi connectivity index (χ4v) is 1.89. The van der Waals surface area contributed by atoms with Crippen LogP contribution in [0.1, 0.15) is 13.8 Å². The Balaban J connectivity index is 2.10. The number of nitrogens with one attached hydrogen (secondary N) is 1. The van der Waals surface area contributed by atoms with E-state index in [1.165, 1.54) is 0 Å². The number of likely N-dealkylation sites (N-methyl/N-ethyl adjacent to an activating group) is 1. The van der Waals surface area contributed by atoms with Gasteiger partial charge in [-0.25, -0.2) is 4.79 Å². The number of hydrogen-bond acceptors (Lipinski definition) is 5. The molecule has 1 unspecified atom stereocenters. The molecule has 0 bridgehead atoms. The second-order valence-electron chi connectivity index (χ2n) is 4.95. The Bertz CT molecular complexity index is 630. The topological polar surface area (TPSA) is 60.5 Å². The molecule has 2 aromatic rings. The molecule has 21 heavy (non-hydrogen) atoms. The molecule has 0 aliphatic heterocycles. The second kappa shape index (κ2) is 6.54. The van der Waals surface area contributed by atoms with Crippen molar-refractivity contribution in [1.29, 1.82) is 0 Å². The van der Waals surface area contributed by atoms with E-state index < -0.39 is 5.54 Å². The van der Waals surface area contributed by atoms with Crippen LogP contribution in [0.2, 0.25) is 0 Å².